The minimum Gasteiger partial charge on any atom is -0.465 e. The van der Waals surface area contributed by atoms with Crippen LogP contribution in [0.5, 0.6) is 0 Å². The maximum absolute atomic E-state index is 11.8. The van der Waals surface area contributed by atoms with Crippen LogP contribution in [0.25, 0.3) is 21.7 Å². The molecule has 0 amide bonds. The van der Waals surface area contributed by atoms with Gasteiger partial charge in [-0.1, -0.05) is 12.1 Å². The molecule has 3 rings (SSSR count). The summed E-state index contributed by atoms with van der Waals surface area (Å²) in [5, 5.41) is 2.96. The number of para-hydroxylation sites is 1. The van der Waals surface area contributed by atoms with Crippen molar-refractivity contribution in [3.05, 3.63) is 47.9 Å². The van der Waals surface area contributed by atoms with Crippen molar-refractivity contribution in [2.45, 2.75) is 6.92 Å². The molecule has 94 valence electrons. The number of pyridine rings is 2. The molecule has 0 spiro atoms. The van der Waals surface area contributed by atoms with Gasteiger partial charge in [-0.3, -0.25) is 9.97 Å². The van der Waals surface area contributed by atoms with E-state index in [2.05, 4.69) is 9.97 Å². The lowest BCUT2D eigenvalue weighted by Crippen LogP contribution is -2.03. The fourth-order valence-electron chi connectivity index (χ4n) is 2.31. The molecule has 4 nitrogen and oxygen atoms in total. The highest BCUT2D eigenvalue weighted by Crippen LogP contribution is 2.27. The number of esters is 1. The highest BCUT2D eigenvalue weighted by molar-refractivity contribution is 6.12. The Hall–Kier alpha value is -2.49. The van der Waals surface area contributed by atoms with Crippen LogP contribution in [-0.4, -0.2) is 23.0 Å². The highest BCUT2D eigenvalue weighted by atomic mass is 16.5. The van der Waals surface area contributed by atoms with Gasteiger partial charge >= 0.3 is 5.97 Å². The number of ether oxygens (including phenoxy) is 1. The van der Waals surface area contributed by atoms with E-state index >= 15 is 0 Å². The Labute approximate surface area is 110 Å². The summed E-state index contributed by atoms with van der Waals surface area (Å²) < 4.78 is 4.80. The van der Waals surface area contributed by atoms with Gasteiger partial charge in [-0.15, -0.1) is 0 Å². The number of aryl methyl sites for hydroxylation is 1. The number of nitrogens with zero attached hydrogens (tertiary/aromatic N) is 2. The Bertz CT molecular complexity index is 797. The number of fused-ring (bicyclic) bond motifs is 3. The van der Waals surface area contributed by atoms with E-state index in [1.165, 1.54) is 7.11 Å². The maximum Gasteiger partial charge on any atom is 0.340 e. The van der Waals surface area contributed by atoms with Gasteiger partial charge in [-0.2, -0.15) is 0 Å². The average molecular weight is 252 g/mol. The number of carbonyl (C=O) groups is 1. The van der Waals surface area contributed by atoms with E-state index in [9.17, 15) is 4.79 Å². The quantitative estimate of drug-likeness (QED) is 0.493. The summed E-state index contributed by atoms with van der Waals surface area (Å²) >= 11 is 0. The van der Waals surface area contributed by atoms with Gasteiger partial charge in [-0.25, -0.2) is 4.79 Å². The van der Waals surface area contributed by atoms with Crippen molar-refractivity contribution in [3.63, 3.8) is 0 Å². The zero-order valence-electron chi connectivity index (χ0n) is 10.7. The van der Waals surface area contributed by atoms with Crippen LogP contribution in [0.3, 0.4) is 0 Å². The van der Waals surface area contributed by atoms with Gasteiger partial charge < -0.3 is 4.74 Å². The normalized spacial score (nSPS) is 10.8. The van der Waals surface area contributed by atoms with E-state index in [0.29, 0.717) is 11.1 Å². The van der Waals surface area contributed by atoms with Crippen LogP contribution in [0, 0.1) is 6.92 Å². The van der Waals surface area contributed by atoms with Crippen molar-refractivity contribution in [1.82, 2.24) is 9.97 Å². The van der Waals surface area contributed by atoms with Crippen molar-refractivity contribution in [2.75, 3.05) is 7.11 Å². The van der Waals surface area contributed by atoms with E-state index in [1.807, 2.05) is 25.1 Å². The molecule has 3 aromatic rings. The molecule has 1 aromatic carbocycles. The standard InChI is InChI=1S/C15H12N2O2/c1-9-10-6-7-16-8-13(10)11-4-3-5-12(14(11)17-9)15(18)19-2/h3-8H,1-2H3. The monoisotopic (exact) mass is 252 g/mol. The van der Waals surface area contributed by atoms with Gasteiger partial charge in [-0.05, 0) is 19.1 Å². The molecule has 0 fully saturated rings. The van der Waals surface area contributed by atoms with Crippen molar-refractivity contribution in [2.24, 2.45) is 0 Å². The first kappa shape index (κ1) is 11.6. The zero-order valence-corrected chi connectivity index (χ0v) is 10.7. The van der Waals surface area contributed by atoms with Crippen LogP contribution in [0.2, 0.25) is 0 Å². The van der Waals surface area contributed by atoms with E-state index in [1.54, 1.807) is 18.5 Å². The third kappa shape index (κ3) is 1.73. The highest BCUT2D eigenvalue weighted by Gasteiger charge is 2.14. The molecule has 0 saturated heterocycles. The third-order valence-electron chi connectivity index (χ3n) is 3.22. The molecule has 0 bridgehead atoms. The van der Waals surface area contributed by atoms with Gasteiger partial charge in [0.2, 0.25) is 0 Å². The topological polar surface area (TPSA) is 52.1 Å². The molecular formula is C15H12N2O2. The summed E-state index contributed by atoms with van der Waals surface area (Å²) in [5.41, 5.74) is 2.02. The molecule has 2 aromatic heterocycles. The van der Waals surface area contributed by atoms with Gasteiger partial charge in [0.1, 0.15) is 0 Å². The molecule has 4 heteroatoms. The summed E-state index contributed by atoms with van der Waals surface area (Å²) in [6.07, 6.45) is 3.54. The second kappa shape index (κ2) is 4.31. The SMILES string of the molecule is COC(=O)c1cccc2c1nc(C)c1ccncc12. The van der Waals surface area contributed by atoms with E-state index < -0.39 is 0 Å². The first-order chi connectivity index (χ1) is 9.22. The fraction of sp³-hybridized carbons (Fsp3) is 0.133. The van der Waals surface area contributed by atoms with Crippen LogP contribution in [0.15, 0.2) is 36.7 Å². The number of hydrogen-bond donors (Lipinski definition) is 0. The lowest BCUT2D eigenvalue weighted by Gasteiger charge is -2.08. The molecule has 0 unspecified atom stereocenters. The van der Waals surface area contributed by atoms with Gasteiger partial charge in [0, 0.05) is 34.2 Å². The van der Waals surface area contributed by atoms with Gasteiger partial charge in [0.05, 0.1) is 18.2 Å². The third-order valence-corrected chi connectivity index (χ3v) is 3.22. The molecule has 0 N–H and O–H groups in total. The Morgan fingerprint density at radius 3 is 2.79 bits per heavy atom. The first-order valence-corrected chi connectivity index (χ1v) is 5.93. The number of benzene rings is 1. The van der Waals surface area contributed by atoms with E-state index in [0.717, 1.165) is 21.9 Å². The lowest BCUT2D eigenvalue weighted by atomic mass is 10.0. The van der Waals surface area contributed by atoms with Crippen molar-refractivity contribution in [3.8, 4) is 0 Å². The van der Waals surface area contributed by atoms with E-state index in [-0.39, 0.29) is 5.97 Å². The molecule has 0 radical (unpaired) electrons. The van der Waals surface area contributed by atoms with Crippen LogP contribution in [0.4, 0.5) is 0 Å². The van der Waals surface area contributed by atoms with Crippen LogP contribution in [0.1, 0.15) is 16.1 Å². The Kier molecular flexibility index (Phi) is 2.63. The summed E-state index contributed by atoms with van der Waals surface area (Å²) in [5.74, 6) is -0.374. The average Bonchev–Trinajstić information content (AvgIpc) is 2.46. The lowest BCUT2D eigenvalue weighted by molar-refractivity contribution is 0.0603. The summed E-state index contributed by atoms with van der Waals surface area (Å²) in [7, 11) is 1.37. The minimum atomic E-state index is -0.374. The van der Waals surface area contributed by atoms with Gasteiger partial charge in [0.15, 0.2) is 0 Å². The zero-order chi connectivity index (χ0) is 13.4. The molecule has 0 saturated carbocycles. The molecule has 0 aliphatic rings. The molecule has 0 atom stereocenters. The molecule has 0 aliphatic carbocycles. The Morgan fingerprint density at radius 2 is 2.00 bits per heavy atom. The van der Waals surface area contributed by atoms with E-state index in [4.69, 9.17) is 4.74 Å². The number of hydrogen-bond acceptors (Lipinski definition) is 4. The number of methoxy groups -OCH3 is 1. The van der Waals surface area contributed by atoms with Crippen LogP contribution >= 0.6 is 0 Å². The predicted octanol–water partition coefficient (Wildman–Crippen LogP) is 2.88. The first-order valence-electron chi connectivity index (χ1n) is 5.93. The molecule has 0 aliphatic heterocycles. The predicted molar refractivity (Wildman–Crippen MR) is 73.1 cm³/mol. The molecular weight excluding hydrogens is 240 g/mol. The second-order valence-electron chi connectivity index (χ2n) is 4.31. The number of carbonyl (C=O) groups excluding carboxylic acids is 1. The van der Waals surface area contributed by atoms with Crippen LogP contribution < -0.4 is 0 Å². The molecule has 19 heavy (non-hydrogen) atoms. The number of rotatable bonds is 1. The minimum absolute atomic E-state index is 0.374. The van der Waals surface area contributed by atoms with Crippen molar-refractivity contribution < 1.29 is 9.53 Å². The fourth-order valence-corrected chi connectivity index (χ4v) is 2.31. The largest absolute Gasteiger partial charge is 0.465 e. The van der Waals surface area contributed by atoms with Crippen molar-refractivity contribution in [1.29, 1.82) is 0 Å². The Balaban J connectivity index is 2.49. The molecule has 2 heterocycles. The van der Waals surface area contributed by atoms with Gasteiger partial charge in [0.25, 0.3) is 0 Å². The van der Waals surface area contributed by atoms with Crippen LogP contribution in [-0.2, 0) is 4.74 Å². The number of aromatic nitrogens is 2. The summed E-state index contributed by atoms with van der Waals surface area (Å²) in [4.78, 5) is 20.5. The maximum atomic E-state index is 11.8. The summed E-state index contributed by atoms with van der Waals surface area (Å²) in [6.45, 7) is 1.93. The summed E-state index contributed by atoms with van der Waals surface area (Å²) in [6, 6.07) is 7.43. The van der Waals surface area contributed by atoms with Crippen molar-refractivity contribution >= 4 is 27.6 Å². The Morgan fingerprint density at radius 1 is 1.16 bits per heavy atom. The smallest absolute Gasteiger partial charge is 0.340 e. The second-order valence-corrected chi connectivity index (χ2v) is 4.31.